The zero-order valence-corrected chi connectivity index (χ0v) is 18.8. The molecule has 3 aromatic carbocycles. The molecule has 0 radical (unpaired) electrons. The van der Waals surface area contributed by atoms with Crippen molar-refractivity contribution in [1.29, 1.82) is 0 Å². The van der Waals surface area contributed by atoms with E-state index in [4.69, 9.17) is 0 Å². The summed E-state index contributed by atoms with van der Waals surface area (Å²) in [7, 11) is 0. The van der Waals surface area contributed by atoms with E-state index >= 15 is 0 Å². The fraction of sp³-hybridized carbons (Fsp3) is 0.250. The van der Waals surface area contributed by atoms with Crippen LogP contribution in [0.5, 0.6) is 0 Å². The van der Waals surface area contributed by atoms with Crippen molar-refractivity contribution in [1.82, 2.24) is 0 Å². The Morgan fingerprint density at radius 1 is 0.741 bits per heavy atom. The van der Waals surface area contributed by atoms with Crippen molar-refractivity contribution >= 4 is 39.5 Å². The third-order valence-corrected chi connectivity index (χ3v) is 8.92. The molecule has 0 N–H and O–H groups in total. The minimum absolute atomic E-state index is 0.151. The Labute approximate surface area is 179 Å². The molecule has 3 heteroatoms. The fourth-order valence-electron chi connectivity index (χ4n) is 3.52. The van der Waals surface area contributed by atoms with Gasteiger partial charge in [0.05, 0.1) is 4.08 Å². The van der Waals surface area contributed by atoms with Gasteiger partial charge in [-0.15, -0.1) is 23.5 Å². The van der Waals surface area contributed by atoms with Gasteiger partial charge in [0, 0.05) is 20.2 Å². The van der Waals surface area contributed by atoms with Crippen LogP contribution in [-0.4, -0.2) is 4.08 Å². The van der Waals surface area contributed by atoms with Crippen molar-refractivity contribution in [2.75, 3.05) is 0 Å². The molecule has 1 fully saturated rings. The van der Waals surface area contributed by atoms with Crippen molar-refractivity contribution in [2.24, 2.45) is 0 Å². The lowest BCUT2D eigenvalue weighted by Gasteiger charge is -2.49. The summed E-state index contributed by atoms with van der Waals surface area (Å²) in [5.41, 5.74) is 4.08. The van der Waals surface area contributed by atoms with Crippen LogP contribution in [0.2, 0.25) is 0 Å². The maximum absolute atomic E-state index is 3.57. The molecule has 0 saturated heterocycles. The molecule has 0 bridgehead atoms. The van der Waals surface area contributed by atoms with E-state index in [2.05, 4.69) is 103 Å². The van der Waals surface area contributed by atoms with Crippen LogP contribution < -0.4 is 0 Å². The molecule has 4 rings (SSSR count). The molecule has 0 spiro atoms. The van der Waals surface area contributed by atoms with E-state index in [0.29, 0.717) is 5.92 Å². The normalized spacial score (nSPS) is 18.1. The van der Waals surface area contributed by atoms with Crippen molar-refractivity contribution in [2.45, 2.75) is 46.5 Å². The molecular weight excluding hydrogens is 432 g/mol. The number of thioether (sulfide) groups is 2. The van der Waals surface area contributed by atoms with E-state index in [9.17, 15) is 0 Å². The van der Waals surface area contributed by atoms with Gasteiger partial charge in [-0.3, -0.25) is 0 Å². The highest BCUT2D eigenvalue weighted by Gasteiger charge is 2.49. The van der Waals surface area contributed by atoms with Gasteiger partial charge in [-0.25, -0.2) is 0 Å². The minimum Gasteiger partial charge on any atom is -0.107 e. The van der Waals surface area contributed by atoms with Gasteiger partial charge >= 0.3 is 0 Å². The van der Waals surface area contributed by atoms with E-state index in [1.807, 2.05) is 23.5 Å². The van der Waals surface area contributed by atoms with Crippen molar-refractivity contribution < 1.29 is 0 Å². The van der Waals surface area contributed by atoms with Gasteiger partial charge < -0.3 is 0 Å². The highest BCUT2D eigenvalue weighted by molar-refractivity contribution is 9.10. The summed E-state index contributed by atoms with van der Waals surface area (Å²) >= 11 is 7.66. The fourth-order valence-corrected chi connectivity index (χ4v) is 7.10. The summed E-state index contributed by atoms with van der Waals surface area (Å²) in [5.74, 6) is 0.559. The first kappa shape index (κ1) is 19.2. The average Bonchev–Trinajstić information content (AvgIpc) is 2.66. The second-order valence-corrected chi connectivity index (χ2v) is 11.3. The Morgan fingerprint density at radius 3 is 1.63 bits per heavy atom. The Balaban J connectivity index is 1.66. The Hall–Kier alpha value is -1.16. The van der Waals surface area contributed by atoms with E-state index < -0.39 is 0 Å². The Bertz CT molecular complexity index is 851. The van der Waals surface area contributed by atoms with Crippen LogP contribution in [-0.2, 0) is 0 Å². The van der Waals surface area contributed by atoms with E-state index in [1.54, 1.807) is 0 Å². The SMILES string of the molecule is Cc1ccc(SC2(Sc3ccc(C)cc3)CCC2c2ccc(Br)cc2)cc1. The third kappa shape index (κ3) is 4.31. The first-order chi connectivity index (χ1) is 13.0. The smallest absolute Gasteiger partial charge is 0.0773 e. The van der Waals surface area contributed by atoms with Gasteiger partial charge in [0.15, 0.2) is 0 Å². The molecule has 1 saturated carbocycles. The van der Waals surface area contributed by atoms with Crippen LogP contribution >= 0.6 is 39.5 Å². The topological polar surface area (TPSA) is 0 Å². The summed E-state index contributed by atoms with van der Waals surface area (Å²) in [4.78, 5) is 2.73. The number of rotatable bonds is 5. The molecule has 3 aromatic rings. The van der Waals surface area contributed by atoms with Crippen molar-refractivity contribution in [3.05, 3.63) is 94.0 Å². The molecular formula is C24H23BrS2. The van der Waals surface area contributed by atoms with Crippen molar-refractivity contribution in [3.8, 4) is 0 Å². The number of benzene rings is 3. The summed E-state index contributed by atoms with van der Waals surface area (Å²) in [6.07, 6.45) is 2.48. The Morgan fingerprint density at radius 2 is 1.22 bits per heavy atom. The number of halogens is 1. The molecule has 0 amide bonds. The highest BCUT2D eigenvalue weighted by atomic mass is 79.9. The van der Waals surface area contributed by atoms with Gasteiger partial charge in [0.2, 0.25) is 0 Å². The van der Waals surface area contributed by atoms with E-state index in [0.717, 1.165) is 4.47 Å². The van der Waals surface area contributed by atoms with Gasteiger partial charge in [0.1, 0.15) is 0 Å². The molecule has 27 heavy (non-hydrogen) atoms. The molecule has 0 aliphatic heterocycles. The van der Waals surface area contributed by atoms with Crippen LogP contribution in [0.4, 0.5) is 0 Å². The summed E-state index contributed by atoms with van der Waals surface area (Å²) in [6.45, 7) is 4.30. The maximum atomic E-state index is 3.57. The standard InChI is InChI=1S/C24H23BrS2/c1-17-3-11-21(12-4-17)26-24(27-22-13-5-18(2)6-14-22)16-15-23(24)19-7-9-20(25)10-8-19/h3-14,23H,15-16H2,1-2H3. The monoisotopic (exact) mass is 454 g/mol. The number of hydrogen-bond donors (Lipinski definition) is 0. The molecule has 1 atom stereocenters. The lowest BCUT2D eigenvalue weighted by atomic mass is 9.78. The van der Waals surface area contributed by atoms with E-state index in [-0.39, 0.29) is 4.08 Å². The lowest BCUT2D eigenvalue weighted by molar-refractivity contribution is 0.403. The number of hydrogen-bond acceptors (Lipinski definition) is 2. The maximum Gasteiger partial charge on any atom is 0.0773 e. The van der Waals surface area contributed by atoms with E-state index in [1.165, 1.54) is 39.3 Å². The van der Waals surface area contributed by atoms with Gasteiger partial charge in [-0.2, -0.15) is 0 Å². The van der Waals surface area contributed by atoms with Crippen LogP contribution in [0.15, 0.2) is 87.1 Å². The molecule has 138 valence electrons. The second kappa shape index (κ2) is 8.06. The average molecular weight is 455 g/mol. The van der Waals surface area contributed by atoms with Crippen LogP contribution in [0.3, 0.4) is 0 Å². The van der Waals surface area contributed by atoms with Gasteiger partial charge in [-0.1, -0.05) is 63.5 Å². The summed E-state index contributed by atoms with van der Waals surface area (Å²) in [5, 5.41) is 0. The molecule has 0 nitrogen and oxygen atoms in total. The molecule has 0 heterocycles. The quantitative estimate of drug-likeness (QED) is 0.356. The predicted molar refractivity (Wildman–Crippen MR) is 123 cm³/mol. The van der Waals surface area contributed by atoms with Gasteiger partial charge in [-0.05, 0) is 68.7 Å². The van der Waals surface area contributed by atoms with Crippen LogP contribution in [0, 0.1) is 13.8 Å². The summed E-state index contributed by atoms with van der Waals surface area (Å²) < 4.78 is 1.30. The highest BCUT2D eigenvalue weighted by Crippen LogP contribution is 2.64. The largest absolute Gasteiger partial charge is 0.107 e. The van der Waals surface area contributed by atoms with Crippen molar-refractivity contribution in [3.63, 3.8) is 0 Å². The molecule has 0 aromatic heterocycles. The molecule has 1 unspecified atom stereocenters. The Kier molecular flexibility index (Phi) is 5.73. The summed E-state index contributed by atoms with van der Waals surface area (Å²) in [6, 6.07) is 26.9. The number of aryl methyl sites for hydroxylation is 2. The van der Waals surface area contributed by atoms with Crippen LogP contribution in [0.1, 0.15) is 35.4 Å². The molecule has 1 aliphatic rings. The third-order valence-electron chi connectivity index (χ3n) is 5.21. The minimum atomic E-state index is 0.151. The first-order valence-electron chi connectivity index (χ1n) is 9.31. The lowest BCUT2D eigenvalue weighted by Crippen LogP contribution is -2.39. The zero-order chi connectivity index (χ0) is 18.9. The predicted octanol–water partition coefficient (Wildman–Crippen LogP) is 8.22. The zero-order valence-electron chi connectivity index (χ0n) is 15.6. The first-order valence-corrected chi connectivity index (χ1v) is 11.7. The van der Waals surface area contributed by atoms with Crippen LogP contribution in [0.25, 0.3) is 0 Å². The molecule has 1 aliphatic carbocycles. The van der Waals surface area contributed by atoms with Gasteiger partial charge in [0.25, 0.3) is 0 Å². The second-order valence-electron chi connectivity index (χ2n) is 7.28.